The molecule has 2 aliphatic heterocycles. The van der Waals surface area contributed by atoms with Gasteiger partial charge in [-0.3, -0.25) is 4.79 Å². The Morgan fingerprint density at radius 2 is 1.91 bits per heavy atom. The Balaban J connectivity index is 1.74. The molecule has 0 bridgehead atoms. The smallest absolute Gasteiger partial charge is 0.286 e. The van der Waals surface area contributed by atoms with Crippen molar-refractivity contribution in [2.45, 2.75) is 26.1 Å². The molecule has 22 heavy (non-hydrogen) atoms. The molecule has 0 saturated carbocycles. The maximum absolute atomic E-state index is 12.1. The molecule has 1 amide bonds. The third-order valence-corrected chi connectivity index (χ3v) is 4.53. The second-order valence-corrected chi connectivity index (χ2v) is 6.57. The Hall–Kier alpha value is -1.79. The van der Waals surface area contributed by atoms with Gasteiger partial charge in [-0.1, -0.05) is 12.1 Å². The number of amidine groups is 1. The number of benzene rings is 1. The number of aliphatic imine (C=N–C) groups is 1. The van der Waals surface area contributed by atoms with Gasteiger partial charge in [0, 0.05) is 13.1 Å². The van der Waals surface area contributed by atoms with Crippen molar-refractivity contribution in [3.8, 4) is 5.75 Å². The van der Waals surface area contributed by atoms with Crippen LogP contribution in [-0.4, -0.2) is 46.4 Å². The van der Waals surface area contributed by atoms with Crippen LogP contribution in [0.4, 0.5) is 0 Å². The average Bonchev–Trinajstić information content (AvgIpc) is 2.82. The minimum absolute atomic E-state index is 0.132. The van der Waals surface area contributed by atoms with E-state index in [0.29, 0.717) is 4.91 Å². The minimum Gasteiger partial charge on any atom is -0.508 e. The summed E-state index contributed by atoms with van der Waals surface area (Å²) in [4.78, 5) is 19.0. The quantitative estimate of drug-likeness (QED) is 0.806. The van der Waals surface area contributed by atoms with Gasteiger partial charge in [-0.15, -0.1) is 0 Å². The van der Waals surface area contributed by atoms with Crippen molar-refractivity contribution in [2.75, 3.05) is 13.1 Å². The molecule has 1 fully saturated rings. The lowest BCUT2D eigenvalue weighted by molar-refractivity contribution is -0.113. The zero-order valence-corrected chi connectivity index (χ0v) is 13.3. The molecule has 1 aromatic rings. The maximum Gasteiger partial charge on any atom is 0.286 e. The Labute approximate surface area is 133 Å². The second kappa shape index (κ2) is 6.14. The van der Waals surface area contributed by atoms with Gasteiger partial charge in [-0.05, 0) is 49.4 Å². The summed E-state index contributed by atoms with van der Waals surface area (Å²) in [5.74, 6) is 0.000607. The minimum atomic E-state index is -0.208. The van der Waals surface area contributed by atoms with Gasteiger partial charge in [-0.25, -0.2) is 0 Å². The van der Waals surface area contributed by atoms with E-state index in [2.05, 4.69) is 9.89 Å². The summed E-state index contributed by atoms with van der Waals surface area (Å²) < 4.78 is 5.71. The van der Waals surface area contributed by atoms with Crippen molar-refractivity contribution >= 4 is 28.9 Å². The summed E-state index contributed by atoms with van der Waals surface area (Å²) in [5.41, 5.74) is 0.869. The molecule has 6 heteroatoms. The molecule has 1 aromatic carbocycles. The standard InChI is InChI=1S/C16H18N2O3S/c1-10-8-18(9-11(2)21-10)16-17-15(20)14(22-16)7-12-3-5-13(19)6-4-12/h3-7,10-11,19H,8-9H2,1-2H3/t10-,11-/m1/s1. The van der Waals surface area contributed by atoms with Crippen molar-refractivity contribution in [1.82, 2.24) is 4.90 Å². The van der Waals surface area contributed by atoms with Crippen LogP contribution >= 0.6 is 11.8 Å². The number of phenolic OH excluding ortho intramolecular Hbond substituents is 1. The molecule has 0 radical (unpaired) electrons. The fourth-order valence-electron chi connectivity index (χ4n) is 2.59. The first-order valence-electron chi connectivity index (χ1n) is 7.23. The fourth-order valence-corrected chi connectivity index (χ4v) is 3.52. The summed E-state index contributed by atoms with van der Waals surface area (Å²) in [6.45, 7) is 5.54. The van der Waals surface area contributed by atoms with E-state index in [1.165, 1.54) is 11.8 Å². The normalized spacial score (nSPS) is 27.4. The number of hydrogen-bond donors (Lipinski definition) is 1. The summed E-state index contributed by atoms with van der Waals surface area (Å²) in [7, 11) is 0. The van der Waals surface area contributed by atoms with Gasteiger partial charge < -0.3 is 14.7 Å². The second-order valence-electron chi connectivity index (χ2n) is 5.56. The Bertz CT molecular complexity index is 629. The van der Waals surface area contributed by atoms with Gasteiger partial charge in [0.1, 0.15) is 5.75 Å². The number of amides is 1. The zero-order chi connectivity index (χ0) is 15.7. The van der Waals surface area contributed by atoms with E-state index in [4.69, 9.17) is 4.74 Å². The van der Waals surface area contributed by atoms with Crippen LogP contribution in [0.1, 0.15) is 19.4 Å². The number of carbonyl (C=O) groups is 1. The van der Waals surface area contributed by atoms with E-state index < -0.39 is 0 Å². The molecular weight excluding hydrogens is 300 g/mol. The predicted octanol–water partition coefficient (Wildman–Crippen LogP) is 2.47. The van der Waals surface area contributed by atoms with Crippen molar-refractivity contribution in [3.05, 3.63) is 34.7 Å². The summed E-state index contributed by atoms with van der Waals surface area (Å²) >= 11 is 1.40. The van der Waals surface area contributed by atoms with E-state index in [9.17, 15) is 9.90 Å². The molecule has 0 aliphatic carbocycles. The molecule has 2 atom stereocenters. The fraction of sp³-hybridized carbons (Fsp3) is 0.375. The molecule has 5 nitrogen and oxygen atoms in total. The highest BCUT2D eigenvalue weighted by Gasteiger charge is 2.30. The van der Waals surface area contributed by atoms with Crippen LogP contribution in [0.5, 0.6) is 5.75 Å². The number of phenols is 1. The van der Waals surface area contributed by atoms with Crippen molar-refractivity contribution in [3.63, 3.8) is 0 Å². The third kappa shape index (κ3) is 3.34. The number of ether oxygens (including phenoxy) is 1. The number of aromatic hydroxyl groups is 1. The first-order valence-corrected chi connectivity index (χ1v) is 8.05. The van der Waals surface area contributed by atoms with E-state index in [0.717, 1.165) is 23.8 Å². The van der Waals surface area contributed by atoms with Crippen LogP contribution in [-0.2, 0) is 9.53 Å². The van der Waals surface area contributed by atoms with E-state index in [1.54, 1.807) is 30.3 Å². The molecule has 0 spiro atoms. The monoisotopic (exact) mass is 318 g/mol. The van der Waals surface area contributed by atoms with Crippen molar-refractivity contribution in [2.24, 2.45) is 4.99 Å². The highest BCUT2D eigenvalue weighted by molar-refractivity contribution is 8.18. The lowest BCUT2D eigenvalue weighted by atomic mass is 10.2. The van der Waals surface area contributed by atoms with Crippen LogP contribution in [0.25, 0.3) is 6.08 Å². The first kappa shape index (κ1) is 15.1. The maximum atomic E-state index is 12.1. The Morgan fingerprint density at radius 3 is 2.55 bits per heavy atom. The SMILES string of the molecule is C[C@@H]1CN(C2=NC(=O)C(=Cc3ccc(O)cc3)S2)C[C@@H](C)O1. The van der Waals surface area contributed by atoms with Crippen LogP contribution in [0.15, 0.2) is 34.2 Å². The molecule has 2 heterocycles. The van der Waals surface area contributed by atoms with Crippen LogP contribution in [0.3, 0.4) is 0 Å². The first-order chi connectivity index (χ1) is 10.5. The third-order valence-electron chi connectivity index (χ3n) is 3.49. The number of thioether (sulfide) groups is 1. The predicted molar refractivity (Wildman–Crippen MR) is 87.7 cm³/mol. The lowest BCUT2D eigenvalue weighted by Gasteiger charge is -2.35. The highest BCUT2D eigenvalue weighted by atomic mass is 32.2. The van der Waals surface area contributed by atoms with E-state index >= 15 is 0 Å². The van der Waals surface area contributed by atoms with Crippen LogP contribution in [0, 0.1) is 0 Å². The number of hydrogen-bond acceptors (Lipinski definition) is 5. The van der Waals surface area contributed by atoms with Crippen molar-refractivity contribution in [1.29, 1.82) is 0 Å². The largest absolute Gasteiger partial charge is 0.508 e. The number of nitrogens with zero attached hydrogens (tertiary/aromatic N) is 2. The lowest BCUT2D eigenvalue weighted by Crippen LogP contribution is -2.47. The Morgan fingerprint density at radius 1 is 1.27 bits per heavy atom. The van der Waals surface area contributed by atoms with Gasteiger partial charge in [-0.2, -0.15) is 4.99 Å². The van der Waals surface area contributed by atoms with Crippen LogP contribution in [0.2, 0.25) is 0 Å². The number of carbonyl (C=O) groups excluding carboxylic acids is 1. The molecule has 1 N–H and O–H groups in total. The number of rotatable bonds is 1. The van der Waals surface area contributed by atoms with Gasteiger partial charge in [0.05, 0.1) is 17.1 Å². The molecule has 116 valence electrons. The average molecular weight is 318 g/mol. The molecule has 0 aromatic heterocycles. The summed E-state index contributed by atoms with van der Waals surface area (Å²) in [5, 5.41) is 10.0. The van der Waals surface area contributed by atoms with Crippen LogP contribution < -0.4 is 0 Å². The molecular formula is C16H18N2O3S. The van der Waals surface area contributed by atoms with Gasteiger partial charge in [0.25, 0.3) is 5.91 Å². The van der Waals surface area contributed by atoms with Gasteiger partial charge in [0.2, 0.25) is 0 Å². The van der Waals surface area contributed by atoms with E-state index in [-0.39, 0.29) is 23.9 Å². The summed E-state index contributed by atoms with van der Waals surface area (Å²) in [6.07, 6.45) is 2.07. The van der Waals surface area contributed by atoms with Crippen molar-refractivity contribution < 1.29 is 14.6 Å². The molecule has 2 aliphatic rings. The van der Waals surface area contributed by atoms with E-state index in [1.807, 2.05) is 13.8 Å². The Kier molecular flexibility index (Phi) is 4.22. The summed E-state index contributed by atoms with van der Waals surface area (Å²) in [6, 6.07) is 6.74. The molecule has 3 rings (SSSR count). The number of morpholine rings is 1. The topological polar surface area (TPSA) is 62.1 Å². The molecule has 1 saturated heterocycles. The molecule has 0 unspecified atom stereocenters. The van der Waals surface area contributed by atoms with Gasteiger partial charge >= 0.3 is 0 Å². The van der Waals surface area contributed by atoms with Gasteiger partial charge in [0.15, 0.2) is 5.17 Å². The zero-order valence-electron chi connectivity index (χ0n) is 12.5. The highest BCUT2D eigenvalue weighted by Crippen LogP contribution is 2.31.